The molecule has 0 saturated carbocycles. The van der Waals surface area contributed by atoms with E-state index >= 15 is 0 Å². The van der Waals surface area contributed by atoms with Gasteiger partial charge in [-0.1, -0.05) is 18.2 Å². The van der Waals surface area contributed by atoms with Crippen molar-refractivity contribution in [1.82, 2.24) is 29.3 Å². The Morgan fingerprint density at radius 1 is 1.11 bits per heavy atom. The topological polar surface area (TPSA) is 90.6 Å². The summed E-state index contributed by atoms with van der Waals surface area (Å²) >= 11 is 0. The van der Waals surface area contributed by atoms with E-state index in [4.69, 9.17) is 4.74 Å². The van der Waals surface area contributed by atoms with E-state index < -0.39 is 23.4 Å². The Hall–Kier alpha value is -4.48. The molecule has 5 aromatic rings. The second kappa shape index (κ2) is 9.43. The highest BCUT2D eigenvalue weighted by atomic mass is 19.4. The van der Waals surface area contributed by atoms with Gasteiger partial charge < -0.3 is 9.72 Å². The Morgan fingerprint density at radius 2 is 1.84 bits per heavy atom. The largest absolute Gasteiger partial charge is 0.487 e. The number of H-pyrrole nitrogens is 1. The predicted molar refractivity (Wildman–Crippen MR) is 132 cm³/mol. The summed E-state index contributed by atoms with van der Waals surface area (Å²) in [4.78, 5) is 24.2. The first kappa shape index (κ1) is 25.2. The molecule has 5 rings (SSSR count). The Bertz CT molecular complexity index is 1680. The normalized spacial score (nSPS) is 12.0. The monoisotopic (exact) mass is 526 g/mol. The van der Waals surface area contributed by atoms with E-state index in [1.54, 1.807) is 44.2 Å². The number of aromatic amines is 1. The standard InChI is InChI=1S/C26H22F4N6O2/c1-14(2)38-22-18(5-4-6-19(22)27)23-31-12-20-24(33-23)35(25(37)32-20)13-16-7-9-17(10-8-16)36-15(3)11-21(34-36)26(28,29)30/h4-12,14H,13H2,1-3H3,(H,32,37). The number of rotatable bonds is 6. The van der Waals surface area contributed by atoms with Gasteiger partial charge in [-0.05, 0) is 56.7 Å². The van der Waals surface area contributed by atoms with Gasteiger partial charge in [-0.15, -0.1) is 0 Å². The number of imidazole rings is 1. The molecule has 0 saturated heterocycles. The molecule has 0 aliphatic heterocycles. The molecule has 196 valence electrons. The molecule has 3 heterocycles. The van der Waals surface area contributed by atoms with Crippen molar-refractivity contribution in [3.63, 3.8) is 0 Å². The fourth-order valence-electron chi connectivity index (χ4n) is 4.06. The van der Waals surface area contributed by atoms with Gasteiger partial charge in [0.25, 0.3) is 0 Å². The van der Waals surface area contributed by atoms with Crippen molar-refractivity contribution < 1.29 is 22.3 Å². The third kappa shape index (κ3) is 4.76. The number of para-hydroxylation sites is 1. The maximum Gasteiger partial charge on any atom is 0.435 e. The summed E-state index contributed by atoms with van der Waals surface area (Å²) in [6.45, 7) is 5.21. The first-order valence-corrected chi connectivity index (χ1v) is 11.7. The molecular formula is C26H22F4N6O2. The predicted octanol–water partition coefficient (Wildman–Crippen LogP) is 5.27. The quantitative estimate of drug-likeness (QED) is 0.304. The highest BCUT2D eigenvalue weighted by molar-refractivity contribution is 5.74. The van der Waals surface area contributed by atoms with Gasteiger partial charge in [-0.25, -0.2) is 23.8 Å². The number of hydrogen-bond donors (Lipinski definition) is 1. The summed E-state index contributed by atoms with van der Waals surface area (Å²) in [5, 5.41) is 3.66. The fraction of sp³-hybridized carbons (Fsp3) is 0.231. The number of ether oxygens (including phenoxy) is 1. The van der Waals surface area contributed by atoms with Gasteiger partial charge in [-0.3, -0.25) is 4.57 Å². The first-order chi connectivity index (χ1) is 18.0. The second-order valence-electron chi connectivity index (χ2n) is 8.98. The lowest BCUT2D eigenvalue weighted by atomic mass is 10.1. The molecule has 0 bridgehead atoms. The number of aromatic nitrogens is 6. The molecule has 0 spiro atoms. The SMILES string of the molecule is Cc1cc(C(F)(F)F)nn1-c1ccc(Cn2c(=O)[nH]c3cnc(-c4cccc(F)c4OC(C)C)nc32)cc1. The van der Waals surface area contributed by atoms with Crippen molar-refractivity contribution in [2.45, 2.75) is 39.6 Å². The molecular weight excluding hydrogens is 504 g/mol. The van der Waals surface area contributed by atoms with Crippen LogP contribution in [-0.2, 0) is 12.7 Å². The van der Waals surface area contributed by atoms with Crippen molar-refractivity contribution in [3.05, 3.63) is 88.0 Å². The zero-order valence-electron chi connectivity index (χ0n) is 20.5. The van der Waals surface area contributed by atoms with Crippen LogP contribution in [0.5, 0.6) is 5.75 Å². The summed E-state index contributed by atoms with van der Waals surface area (Å²) < 4.78 is 61.9. The van der Waals surface area contributed by atoms with Crippen LogP contribution in [0.4, 0.5) is 17.6 Å². The lowest BCUT2D eigenvalue weighted by molar-refractivity contribution is -0.141. The van der Waals surface area contributed by atoms with Gasteiger partial charge in [0.15, 0.2) is 28.7 Å². The molecule has 8 nitrogen and oxygen atoms in total. The van der Waals surface area contributed by atoms with Gasteiger partial charge >= 0.3 is 11.9 Å². The van der Waals surface area contributed by atoms with Crippen LogP contribution in [0.15, 0.2) is 59.5 Å². The van der Waals surface area contributed by atoms with E-state index in [2.05, 4.69) is 20.1 Å². The van der Waals surface area contributed by atoms with Gasteiger partial charge in [-0.2, -0.15) is 18.3 Å². The van der Waals surface area contributed by atoms with Crippen LogP contribution >= 0.6 is 0 Å². The third-order valence-corrected chi connectivity index (χ3v) is 5.77. The molecule has 0 fully saturated rings. The Kier molecular flexibility index (Phi) is 6.25. The van der Waals surface area contributed by atoms with E-state index in [-0.39, 0.29) is 24.2 Å². The number of fused-ring (bicyclic) bond motifs is 1. The number of alkyl halides is 3. The summed E-state index contributed by atoms with van der Waals surface area (Å²) in [6, 6.07) is 12.1. The van der Waals surface area contributed by atoms with E-state index in [9.17, 15) is 22.4 Å². The minimum Gasteiger partial charge on any atom is -0.487 e. The average Bonchev–Trinajstić information content (AvgIpc) is 3.40. The molecule has 1 N–H and O–H groups in total. The van der Waals surface area contributed by atoms with Gasteiger partial charge in [0, 0.05) is 5.69 Å². The smallest absolute Gasteiger partial charge is 0.435 e. The average molecular weight is 526 g/mol. The van der Waals surface area contributed by atoms with Crippen molar-refractivity contribution in [2.75, 3.05) is 0 Å². The zero-order chi connectivity index (χ0) is 27.2. The molecule has 3 aromatic heterocycles. The van der Waals surface area contributed by atoms with Crippen molar-refractivity contribution in [3.8, 4) is 22.8 Å². The van der Waals surface area contributed by atoms with E-state index in [0.29, 0.717) is 33.7 Å². The Balaban J connectivity index is 1.48. The number of hydrogen-bond acceptors (Lipinski definition) is 5. The van der Waals surface area contributed by atoms with E-state index in [0.717, 1.165) is 6.07 Å². The number of halogens is 4. The molecule has 2 aromatic carbocycles. The third-order valence-electron chi connectivity index (χ3n) is 5.77. The van der Waals surface area contributed by atoms with Crippen LogP contribution in [0, 0.1) is 12.7 Å². The lowest BCUT2D eigenvalue weighted by Crippen LogP contribution is -2.18. The minimum atomic E-state index is -4.54. The van der Waals surface area contributed by atoms with Crippen molar-refractivity contribution >= 4 is 11.2 Å². The summed E-state index contributed by atoms with van der Waals surface area (Å²) in [5.41, 5.74) is 1.13. The van der Waals surface area contributed by atoms with Crippen LogP contribution in [0.3, 0.4) is 0 Å². The molecule has 38 heavy (non-hydrogen) atoms. The zero-order valence-corrected chi connectivity index (χ0v) is 20.5. The fourth-order valence-corrected chi connectivity index (χ4v) is 4.06. The first-order valence-electron chi connectivity index (χ1n) is 11.7. The summed E-state index contributed by atoms with van der Waals surface area (Å²) in [5.74, 6) is -0.351. The maximum atomic E-state index is 14.5. The van der Waals surface area contributed by atoms with Gasteiger partial charge in [0.2, 0.25) is 0 Å². The number of aryl methyl sites for hydroxylation is 1. The van der Waals surface area contributed by atoms with Crippen molar-refractivity contribution in [1.29, 1.82) is 0 Å². The number of nitrogens with one attached hydrogen (secondary N) is 1. The molecule has 0 amide bonds. The highest BCUT2D eigenvalue weighted by Crippen LogP contribution is 2.32. The molecule has 0 aliphatic rings. The lowest BCUT2D eigenvalue weighted by Gasteiger charge is -2.14. The number of nitrogens with zero attached hydrogens (tertiary/aromatic N) is 5. The molecule has 12 heteroatoms. The molecule has 0 atom stereocenters. The van der Waals surface area contributed by atoms with Crippen molar-refractivity contribution in [2.24, 2.45) is 0 Å². The van der Waals surface area contributed by atoms with Crippen LogP contribution in [0.1, 0.15) is 30.8 Å². The van der Waals surface area contributed by atoms with Crippen LogP contribution in [0.25, 0.3) is 28.2 Å². The van der Waals surface area contributed by atoms with Crippen LogP contribution in [0.2, 0.25) is 0 Å². The Labute approximate surface area is 213 Å². The second-order valence-corrected chi connectivity index (χ2v) is 8.98. The van der Waals surface area contributed by atoms with E-state index in [1.807, 2.05) is 0 Å². The minimum absolute atomic E-state index is 0.0180. The maximum absolute atomic E-state index is 14.5. The molecule has 0 radical (unpaired) electrons. The summed E-state index contributed by atoms with van der Waals surface area (Å²) in [7, 11) is 0. The van der Waals surface area contributed by atoms with Crippen LogP contribution < -0.4 is 10.4 Å². The van der Waals surface area contributed by atoms with Gasteiger partial charge in [0.1, 0.15) is 5.52 Å². The molecule has 0 aliphatic carbocycles. The summed E-state index contributed by atoms with van der Waals surface area (Å²) in [6.07, 6.45) is -3.38. The highest BCUT2D eigenvalue weighted by Gasteiger charge is 2.34. The number of benzene rings is 2. The molecule has 0 unspecified atom stereocenters. The van der Waals surface area contributed by atoms with Gasteiger partial charge in [0.05, 0.1) is 30.1 Å². The Morgan fingerprint density at radius 3 is 2.50 bits per heavy atom. The van der Waals surface area contributed by atoms with E-state index in [1.165, 1.54) is 34.5 Å². The van der Waals surface area contributed by atoms with Crippen LogP contribution in [-0.4, -0.2) is 35.4 Å².